The fourth-order valence-electron chi connectivity index (χ4n) is 3.28. The summed E-state index contributed by atoms with van der Waals surface area (Å²) in [4.78, 5) is 12.7. The third kappa shape index (κ3) is 3.00. The zero-order valence-electron chi connectivity index (χ0n) is 12.6. The van der Waals surface area contributed by atoms with Gasteiger partial charge in [-0.3, -0.25) is 9.80 Å². The predicted octanol–water partition coefficient (Wildman–Crippen LogP) is 2.99. The summed E-state index contributed by atoms with van der Waals surface area (Å²) >= 11 is 3.51. The average molecular weight is 353 g/mol. The highest BCUT2D eigenvalue weighted by atomic mass is 79.9. The maximum Gasteiger partial charge on any atom is 0.269 e. The lowest BCUT2D eigenvalue weighted by atomic mass is 10.0. The number of hydrogen-bond donors (Lipinski definition) is 0. The number of carbonyl (C=O) groups is 1. The molecule has 114 valence electrons. The summed E-state index contributed by atoms with van der Waals surface area (Å²) in [7, 11) is 2.02. The van der Waals surface area contributed by atoms with Crippen molar-refractivity contribution < 1.29 is 9.53 Å². The molecule has 0 spiro atoms. The highest BCUT2D eigenvalue weighted by Crippen LogP contribution is 2.30. The quantitative estimate of drug-likeness (QED) is 0.838. The molecular weight excluding hydrogens is 332 g/mol. The van der Waals surface area contributed by atoms with Gasteiger partial charge >= 0.3 is 0 Å². The average Bonchev–Trinajstić information content (AvgIpc) is 2.77. The summed E-state index contributed by atoms with van der Waals surface area (Å²) in [6.07, 6.45) is 2.17. The van der Waals surface area contributed by atoms with Crippen LogP contribution in [0.25, 0.3) is 0 Å². The number of nitrogens with zero attached hydrogens (tertiary/aromatic N) is 2. The molecule has 1 aromatic carbocycles. The zero-order chi connectivity index (χ0) is 15.0. The Hall–Kier alpha value is -0.910. The van der Waals surface area contributed by atoms with E-state index in [1.165, 1.54) is 0 Å². The van der Waals surface area contributed by atoms with Crippen molar-refractivity contribution in [2.75, 3.05) is 26.8 Å². The van der Waals surface area contributed by atoms with Crippen LogP contribution in [0.5, 0.6) is 0 Å². The first-order valence-corrected chi connectivity index (χ1v) is 8.25. The van der Waals surface area contributed by atoms with Crippen LogP contribution in [0.2, 0.25) is 0 Å². The molecule has 5 heteroatoms. The molecular formula is C16H21BrN2O2. The van der Waals surface area contributed by atoms with Gasteiger partial charge in [-0.15, -0.1) is 0 Å². The van der Waals surface area contributed by atoms with Gasteiger partial charge in [0.05, 0.1) is 6.54 Å². The summed E-state index contributed by atoms with van der Waals surface area (Å²) < 4.78 is 6.45. The molecule has 1 saturated heterocycles. The SMILES string of the molecule is Cc1cc(Br)cc2c1C(=O)N(N(C)CC1CCOCC1)C2. The molecule has 4 nitrogen and oxygen atoms in total. The van der Waals surface area contributed by atoms with Crippen molar-refractivity contribution >= 4 is 21.8 Å². The number of rotatable bonds is 3. The largest absolute Gasteiger partial charge is 0.381 e. The van der Waals surface area contributed by atoms with E-state index >= 15 is 0 Å². The van der Waals surface area contributed by atoms with Crippen LogP contribution in [0.4, 0.5) is 0 Å². The van der Waals surface area contributed by atoms with Crippen molar-refractivity contribution in [3.8, 4) is 0 Å². The van der Waals surface area contributed by atoms with Crippen LogP contribution >= 0.6 is 15.9 Å². The summed E-state index contributed by atoms with van der Waals surface area (Å²) in [5, 5.41) is 3.96. The van der Waals surface area contributed by atoms with Gasteiger partial charge in [0.15, 0.2) is 0 Å². The van der Waals surface area contributed by atoms with E-state index in [9.17, 15) is 4.79 Å². The standard InChI is InChI=1S/C16H21BrN2O2/c1-11-7-14(17)8-13-10-19(16(20)15(11)13)18(2)9-12-3-5-21-6-4-12/h7-8,12H,3-6,9-10H2,1-2H3. The molecule has 0 bridgehead atoms. The number of ether oxygens (including phenoxy) is 1. The molecule has 0 unspecified atom stereocenters. The Morgan fingerprint density at radius 1 is 1.38 bits per heavy atom. The molecule has 0 aliphatic carbocycles. The van der Waals surface area contributed by atoms with Crippen molar-refractivity contribution in [1.29, 1.82) is 0 Å². The molecule has 3 rings (SSSR count). The molecule has 0 saturated carbocycles. The van der Waals surface area contributed by atoms with E-state index in [2.05, 4.69) is 27.0 Å². The lowest BCUT2D eigenvalue weighted by molar-refractivity contribution is -0.0168. The first-order chi connectivity index (χ1) is 10.1. The number of hydrogen-bond acceptors (Lipinski definition) is 3. The van der Waals surface area contributed by atoms with Gasteiger partial charge < -0.3 is 4.74 Å². The normalized spacial score (nSPS) is 19.4. The Morgan fingerprint density at radius 2 is 2.10 bits per heavy atom. The molecule has 2 aliphatic rings. The van der Waals surface area contributed by atoms with Gasteiger partial charge in [-0.2, -0.15) is 0 Å². The van der Waals surface area contributed by atoms with Gasteiger partial charge in [0, 0.05) is 36.8 Å². The predicted molar refractivity (Wildman–Crippen MR) is 84.9 cm³/mol. The Morgan fingerprint density at radius 3 is 2.81 bits per heavy atom. The summed E-state index contributed by atoms with van der Waals surface area (Å²) in [5.74, 6) is 0.748. The lowest BCUT2D eigenvalue weighted by Crippen LogP contribution is -2.43. The van der Waals surface area contributed by atoms with Crippen LogP contribution in [0.15, 0.2) is 16.6 Å². The maximum absolute atomic E-state index is 12.7. The lowest BCUT2D eigenvalue weighted by Gasteiger charge is -2.32. The van der Waals surface area contributed by atoms with Crippen molar-refractivity contribution in [2.45, 2.75) is 26.3 Å². The number of benzene rings is 1. The van der Waals surface area contributed by atoms with Crippen molar-refractivity contribution in [3.05, 3.63) is 33.3 Å². The molecule has 1 aromatic rings. The number of hydrazine groups is 1. The highest BCUT2D eigenvalue weighted by molar-refractivity contribution is 9.10. The van der Waals surface area contributed by atoms with E-state index < -0.39 is 0 Å². The highest BCUT2D eigenvalue weighted by Gasteiger charge is 2.32. The number of aryl methyl sites for hydroxylation is 1. The minimum Gasteiger partial charge on any atom is -0.381 e. The minimum absolute atomic E-state index is 0.129. The number of carbonyl (C=O) groups excluding carboxylic acids is 1. The van der Waals surface area contributed by atoms with Gasteiger partial charge in [-0.05, 0) is 48.9 Å². The summed E-state index contributed by atoms with van der Waals surface area (Å²) in [5.41, 5.74) is 3.04. The Bertz CT molecular complexity index is 555. The van der Waals surface area contributed by atoms with Crippen LogP contribution in [0, 0.1) is 12.8 Å². The molecule has 2 heterocycles. The third-order valence-corrected chi connectivity index (χ3v) is 4.88. The Balaban J connectivity index is 1.73. The van der Waals surface area contributed by atoms with E-state index in [4.69, 9.17) is 4.74 Å². The second kappa shape index (κ2) is 6.07. The van der Waals surface area contributed by atoms with Crippen LogP contribution in [0.3, 0.4) is 0 Å². The molecule has 2 aliphatic heterocycles. The number of fused-ring (bicyclic) bond motifs is 1. The number of amides is 1. The van der Waals surface area contributed by atoms with E-state index in [1.54, 1.807) is 0 Å². The van der Waals surface area contributed by atoms with E-state index in [1.807, 2.05) is 25.0 Å². The molecule has 0 radical (unpaired) electrons. The van der Waals surface area contributed by atoms with Crippen LogP contribution < -0.4 is 0 Å². The van der Waals surface area contributed by atoms with Crippen LogP contribution in [-0.2, 0) is 11.3 Å². The topological polar surface area (TPSA) is 32.8 Å². The zero-order valence-corrected chi connectivity index (χ0v) is 14.1. The van der Waals surface area contributed by atoms with Gasteiger partial charge in [-0.25, -0.2) is 5.01 Å². The van der Waals surface area contributed by atoms with Crippen molar-refractivity contribution in [2.24, 2.45) is 5.92 Å². The summed E-state index contributed by atoms with van der Waals surface area (Å²) in [6.45, 7) is 5.29. The first kappa shape index (κ1) is 15.0. The van der Waals surface area contributed by atoms with E-state index in [0.717, 1.165) is 53.8 Å². The van der Waals surface area contributed by atoms with E-state index in [0.29, 0.717) is 12.5 Å². The third-order valence-electron chi connectivity index (χ3n) is 4.43. The van der Waals surface area contributed by atoms with Crippen molar-refractivity contribution in [3.63, 3.8) is 0 Å². The fraction of sp³-hybridized carbons (Fsp3) is 0.562. The molecule has 0 atom stereocenters. The van der Waals surface area contributed by atoms with Gasteiger partial charge in [0.25, 0.3) is 5.91 Å². The van der Waals surface area contributed by atoms with Crippen LogP contribution in [-0.4, -0.2) is 42.7 Å². The maximum atomic E-state index is 12.7. The summed E-state index contributed by atoms with van der Waals surface area (Å²) in [6, 6.07) is 4.07. The second-order valence-electron chi connectivity index (χ2n) is 6.02. The fourth-order valence-corrected chi connectivity index (χ4v) is 3.90. The molecule has 1 amide bonds. The van der Waals surface area contributed by atoms with Crippen molar-refractivity contribution in [1.82, 2.24) is 10.0 Å². The Labute approximate surface area is 134 Å². The minimum atomic E-state index is 0.129. The van der Waals surface area contributed by atoms with Gasteiger partial charge in [0.2, 0.25) is 0 Å². The molecule has 0 aromatic heterocycles. The van der Waals surface area contributed by atoms with E-state index in [-0.39, 0.29) is 5.91 Å². The molecule has 1 fully saturated rings. The molecule has 21 heavy (non-hydrogen) atoms. The molecule has 0 N–H and O–H groups in total. The number of halogens is 1. The van der Waals surface area contributed by atoms with Gasteiger partial charge in [0.1, 0.15) is 0 Å². The Kier molecular flexibility index (Phi) is 4.33. The monoisotopic (exact) mass is 352 g/mol. The smallest absolute Gasteiger partial charge is 0.269 e. The van der Waals surface area contributed by atoms with Gasteiger partial charge in [-0.1, -0.05) is 15.9 Å². The second-order valence-corrected chi connectivity index (χ2v) is 6.93. The van der Waals surface area contributed by atoms with Crippen LogP contribution in [0.1, 0.15) is 34.3 Å². The first-order valence-electron chi connectivity index (χ1n) is 7.46.